The SMILES string of the molecule is Oc1cc(F)cc(CNCCc2nnc3ccccn23)c1. The van der Waals surface area contributed by atoms with Crippen LogP contribution in [0.4, 0.5) is 4.39 Å². The summed E-state index contributed by atoms with van der Waals surface area (Å²) in [4.78, 5) is 0. The van der Waals surface area contributed by atoms with Gasteiger partial charge in [0.1, 0.15) is 17.4 Å². The number of rotatable bonds is 5. The Balaban J connectivity index is 1.56. The molecule has 2 heterocycles. The summed E-state index contributed by atoms with van der Waals surface area (Å²) in [6.45, 7) is 1.18. The van der Waals surface area contributed by atoms with Crippen LogP contribution >= 0.6 is 0 Å². The van der Waals surface area contributed by atoms with E-state index in [2.05, 4.69) is 15.5 Å². The van der Waals surface area contributed by atoms with Crippen molar-refractivity contribution in [3.63, 3.8) is 0 Å². The number of phenols is 1. The van der Waals surface area contributed by atoms with E-state index in [1.165, 1.54) is 6.07 Å². The Bertz CT molecular complexity index is 736. The van der Waals surface area contributed by atoms with Crippen molar-refractivity contribution in [3.8, 4) is 5.75 Å². The molecule has 0 saturated heterocycles. The minimum Gasteiger partial charge on any atom is -0.508 e. The van der Waals surface area contributed by atoms with Crippen molar-refractivity contribution < 1.29 is 9.50 Å². The minimum absolute atomic E-state index is 0.0600. The second-order valence-electron chi connectivity index (χ2n) is 4.79. The number of nitrogens with one attached hydrogen (secondary N) is 1. The van der Waals surface area contributed by atoms with Crippen LogP contribution in [-0.2, 0) is 13.0 Å². The van der Waals surface area contributed by atoms with Gasteiger partial charge in [0.15, 0.2) is 5.65 Å². The molecule has 0 bridgehead atoms. The molecule has 3 aromatic rings. The van der Waals surface area contributed by atoms with Gasteiger partial charge in [-0.2, -0.15) is 0 Å². The summed E-state index contributed by atoms with van der Waals surface area (Å²) in [5.74, 6) is 0.380. The van der Waals surface area contributed by atoms with Gasteiger partial charge in [-0.1, -0.05) is 6.07 Å². The van der Waals surface area contributed by atoms with Gasteiger partial charge >= 0.3 is 0 Å². The molecule has 0 aliphatic carbocycles. The van der Waals surface area contributed by atoms with Gasteiger partial charge < -0.3 is 10.4 Å². The van der Waals surface area contributed by atoms with Crippen LogP contribution in [0.15, 0.2) is 42.6 Å². The maximum atomic E-state index is 13.1. The molecule has 0 radical (unpaired) electrons. The molecular weight excluding hydrogens is 271 g/mol. The van der Waals surface area contributed by atoms with Crippen LogP contribution in [-0.4, -0.2) is 26.2 Å². The third-order valence-corrected chi connectivity index (χ3v) is 3.18. The molecule has 6 heteroatoms. The third kappa shape index (κ3) is 3.17. The van der Waals surface area contributed by atoms with Gasteiger partial charge in [-0.15, -0.1) is 10.2 Å². The van der Waals surface area contributed by atoms with Crippen molar-refractivity contribution in [2.75, 3.05) is 6.54 Å². The average Bonchev–Trinajstić information content (AvgIpc) is 2.86. The van der Waals surface area contributed by atoms with Gasteiger partial charge in [0.2, 0.25) is 0 Å². The largest absolute Gasteiger partial charge is 0.508 e. The summed E-state index contributed by atoms with van der Waals surface area (Å²) < 4.78 is 15.1. The Hall–Kier alpha value is -2.47. The topological polar surface area (TPSA) is 62.5 Å². The predicted molar refractivity (Wildman–Crippen MR) is 76.5 cm³/mol. The van der Waals surface area contributed by atoms with E-state index in [0.717, 1.165) is 17.5 Å². The number of aromatic nitrogens is 3. The molecule has 0 spiro atoms. The van der Waals surface area contributed by atoms with Crippen molar-refractivity contribution >= 4 is 5.65 Å². The van der Waals surface area contributed by atoms with Gasteiger partial charge in [0.05, 0.1) is 0 Å². The Morgan fingerprint density at radius 1 is 1.19 bits per heavy atom. The summed E-state index contributed by atoms with van der Waals surface area (Å²) in [5, 5.41) is 20.8. The van der Waals surface area contributed by atoms with Crippen LogP contribution in [0.1, 0.15) is 11.4 Å². The fraction of sp³-hybridized carbons (Fsp3) is 0.200. The highest BCUT2D eigenvalue weighted by Crippen LogP contribution is 2.14. The van der Waals surface area contributed by atoms with Crippen molar-refractivity contribution in [1.29, 1.82) is 0 Å². The number of hydrogen-bond donors (Lipinski definition) is 2. The fourth-order valence-corrected chi connectivity index (χ4v) is 2.23. The molecule has 2 aromatic heterocycles. The number of halogens is 1. The summed E-state index contributed by atoms with van der Waals surface area (Å²) in [6, 6.07) is 9.79. The summed E-state index contributed by atoms with van der Waals surface area (Å²) in [5.41, 5.74) is 1.53. The number of hydrogen-bond acceptors (Lipinski definition) is 4. The lowest BCUT2D eigenvalue weighted by molar-refractivity contribution is 0.467. The number of benzene rings is 1. The predicted octanol–water partition coefficient (Wildman–Crippen LogP) is 1.91. The van der Waals surface area contributed by atoms with Crippen molar-refractivity contribution in [2.45, 2.75) is 13.0 Å². The first-order valence-corrected chi connectivity index (χ1v) is 6.70. The fourth-order valence-electron chi connectivity index (χ4n) is 2.23. The first-order valence-electron chi connectivity index (χ1n) is 6.70. The van der Waals surface area contributed by atoms with E-state index in [0.29, 0.717) is 25.1 Å². The van der Waals surface area contributed by atoms with Crippen molar-refractivity contribution in [2.24, 2.45) is 0 Å². The maximum absolute atomic E-state index is 13.1. The van der Waals surface area contributed by atoms with Gasteiger partial charge in [-0.3, -0.25) is 4.40 Å². The second kappa shape index (κ2) is 5.88. The first kappa shape index (κ1) is 13.5. The van der Waals surface area contributed by atoms with Crippen LogP contribution in [0, 0.1) is 5.82 Å². The lowest BCUT2D eigenvalue weighted by Gasteiger charge is -2.05. The quantitative estimate of drug-likeness (QED) is 0.703. The van der Waals surface area contributed by atoms with E-state index >= 15 is 0 Å². The van der Waals surface area contributed by atoms with Gasteiger partial charge in [0, 0.05) is 31.8 Å². The monoisotopic (exact) mass is 286 g/mol. The summed E-state index contributed by atoms with van der Waals surface area (Å²) in [6.07, 6.45) is 2.64. The van der Waals surface area contributed by atoms with Crippen LogP contribution in [0.5, 0.6) is 5.75 Å². The van der Waals surface area contributed by atoms with Crippen LogP contribution in [0.3, 0.4) is 0 Å². The van der Waals surface area contributed by atoms with E-state index in [1.54, 1.807) is 6.07 Å². The number of phenolic OH excluding ortho intramolecular Hbond substituents is 1. The lowest BCUT2D eigenvalue weighted by atomic mass is 10.2. The molecule has 0 fully saturated rings. The van der Waals surface area contributed by atoms with E-state index in [1.807, 2.05) is 28.8 Å². The Morgan fingerprint density at radius 2 is 2.10 bits per heavy atom. The number of pyridine rings is 1. The normalized spacial score (nSPS) is 11.1. The molecule has 1 aromatic carbocycles. The number of aromatic hydroxyl groups is 1. The Morgan fingerprint density at radius 3 is 2.95 bits per heavy atom. The van der Waals surface area contributed by atoms with Crippen molar-refractivity contribution in [3.05, 3.63) is 59.8 Å². The Kier molecular flexibility index (Phi) is 3.79. The van der Waals surface area contributed by atoms with E-state index in [-0.39, 0.29) is 5.75 Å². The second-order valence-corrected chi connectivity index (χ2v) is 4.79. The molecule has 0 atom stereocenters. The molecule has 0 amide bonds. The molecule has 108 valence electrons. The molecule has 0 aliphatic rings. The molecule has 0 saturated carbocycles. The number of fused-ring (bicyclic) bond motifs is 1. The van der Waals surface area contributed by atoms with Gasteiger partial charge in [-0.05, 0) is 29.8 Å². The summed E-state index contributed by atoms with van der Waals surface area (Å²) in [7, 11) is 0. The molecule has 0 unspecified atom stereocenters. The average molecular weight is 286 g/mol. The highest BCUT2D eigenvalue weighted by molar-refractivity contribution is 5.37. The van der Waals surface area contributed by atoms with E-state index in [9.17, 15) is 9.50 Å². The van der Waals surface area contributed by atoms with Crippen molar-refractivity contribution in [1.82, 2.24) is 19.9 Å². The van der Waals surface area contributed by atoms with Crippen LogP contribution < -0.4 is 5.32 Å². The zero-order chi connectivity index (χ0) is 14.7. The molecule has 3 rings (SSSR count). The molecular formula is C15H15FN4O. The molecule has 5 nitrogen and oxygen atoms in total. The van der Waals surface area contributed by atoms with Gasteiger partial charge in [-0.25, -0.2) is 4.39 Å². The summed E-state index contributed by atoms with van der Waals surface area (Å²) >= 11 is 0. The highest BCUT2D eigenvalue weighted by Gasteiger charge is 2.04. The van der Waals surface area contributed by atoms with Crippen LogP contribution in [0.2, 0.25) is 0 Å². The maximum Gasteiger partial charge on any atom is 0.160 e. The van der Waals surface area contributed by atoms with E-state index in [4.69, 9.17) is 0 Å². The van der Waals surface area contributed by atoms with Gasteiger partial charge in [0.25, 0.3) is 0 Å². The zero-order valence-corrected chi connectivity index (χ0v) is 11.3. The minimum atomic E-state index is -0.435. The lowest BCUT2D eigenvalue weighted by Crippen LogP contribution is -2.17. The molecule has 21 heavy (non-hydrogen) atoms. The molecule has 2 N–H and O–H groups in total. The van der Waals surface area contributed by atoms with E-state index < -0.39 is 5.82 Å². The highest BCUT2D eigenvalue weighted by atomic mass is 19.1. The number of nitrogens with zero attached hydrogens (tertiary/aromatic N) is 3. The standard InChI is InChI=1S/C15H15FN4O/c16-12-7-11(8-13(21)9-12)10-17-5-4-15-19-18-14-3-1-2-6-20(14)15/h1-3,6-9,17,21H,4-5,10H2. The van der Waals surface area contributed by atoms with Crippen LogP contribution in [0.25, 0.3) is 5.65 Å². The first-order chi connectivity index (χ1) is 10.2. The Labute approximate surface area is 121 Å². The smallest absolute Gasteiger partial charge is 0.160 e. The third-order valence-electron chi connectivity index (χ3n) is 3.18. The molecule has 0 aliphatic heterocycles. The zero-order valence-electron chi connectivity index (χ0n) is 11.3.